The number of hydrogen-bond acceptors (Lipinski definition) is 4. The molecule has 6 heteroatoms. The highest BCUT2D eigenvalue weighted by atomic mass is 32.1. The lowest BCUT2D eigenvalue weighted by Gasteiger charge is -2.06. The molecule has 0 atom stereocenters. The lowest BCUT2D eigenvalue weighted by atomic mass is 10.1. The third-order valence-corrected chi connectivity index (χ3v) is 4.49. The van der Waals surface area contributed by atoms with E-state index in [1.165, 1.54) is 23.5 Å². The zero-order valence-electron chi connectivity index (χ0n) is 13.4. The molecule has 0 unspecified atom stereocenters. The number of nitriles is 1. The second kappa shape index (κ2) is 7.24. The van der Waals surface area contributed by atoms with Crippen LogP contribution in [-0.4, -0.2) is 10.9 Å². The van der Waals surface area contributed by atoms with Crippen molar-refractivity contribution in [3.63, 3.8) is 0 Å². The summed E-state index contributed by atoms with van der Waals surface area (Å²) in [4.78, 5) is 17.6. The highest BCUT2D eigenvalue weighted by Gasteiger charge is 2.15. The molecule has 1 heterocycles. The molecule has 1 aromatic heterocycles. The highest BCUT2D eigenvalue weighted by Crippen LogP contribution is 2.29. The number of hydrogen-bond donors (Lipinski definition) is 1. The van der Waals surface area contributed by atoms with Crippen LogP contribution in [0.25, 0.3) is 11.3 Å². The number of benzene rings is 2. The molecule has 3 aromatic rings. The Morgan fingerprint density at radius 3 is 2.76 bits per heavy atom. The Balaban J connectivity index is 1.79. The molecule has 0 aliphatic carbocycles. The predicted octanol–water partition coefficient (Wildman–Crippen LogP) is 4.31. The number of anilines is 1. The SMILES string of the molecule is Cc1nc(-c2ccc(F)cc2)c(CC(=O)Nc2cccc(C#N)c2)s1. The van der Waals surface area contributed by atoms with E-state index in [2.05, 4.69) is 10.3 Å². The third kappa shape index (κ3) is 4.08. The first-order chi connectivity index (χ1) is 12.0. The van der Waals surface area contributed by atoms with Gasteiger partial charge in [0.25, 0.3) is 0 Å². The summed E-state index contributed by atoms with van der Waals surface area (Å²) < 4.78 is 13.1. The maximum absolute atomic E-state index is 13.1. The van der Waals surface area contributed by atoms with Crippen LogP contribution in [0.4, 0.5) is 10.1 Å². The van der Waals surface area contributed by atoms with E-state index in [0.29, 0.717) is 16.9 Å². The first-order valence-corrected chi connectivity index (χ1v) is 8.39. The minimum atomic E-state index is -0.313. The van der Waals surface area contributed by atoms with Crippen molar-refractivity contribution in [3.8, 4) is 17.3 Å². The van der Waals surface area contributed by atoms with Crippen molar-refractivity contribution in [3.05, 3.63) is 69.8 Å². The number of rotatable bonds is 4. The molecule has 25 heavy (non-hydrogen) atoms. The maximum Gasteiger partial charge on any atom is 0.229 e. The molecule has 3 rings (SSSR count). The molecular weight excluding hydrogens is 337 g/mol. The number of carbonyl (C=O) groups excluding carboxylic acids is 1. The minimum absolute atomic E-state index is 0.162. The quantitative estimate of drug-likeness (QED) is 0.762. The van der Waals surface area contributed by atoms with Gasteiger partial charge < -0.3 is 5.32 Å². The van der Waals surface area contributed by atoms with Gasteiger partial charge in [0.1, 0.15) is 5.82 Å². The van der Waals surface area contributed by atoms with Gasteiger partial charge in [-0.3, -0.25) is 4.79 Å². The van der Waals surface area contributed by atoms with Gasteiger partial charge in [-0.2, -0.15) is 5.26 Å². The average molecular weight is 351 g/mol. The Morgan fingerprint density at radius 1 is 1.28 bits per heavy atom. The Hall–Kier alpha value is -3.04. The summed E-state index contributed by atoms with van der Waals surface area (Å²) in [6.07, 6.45) is 0.162. The van der Waals surface area contributed by atoms with Gasteiger partial charge in [0, 0.05) is 16.1 Å². The van der Waals surface area contributed by atoms with Crippen LogP contribution in [0.15, 0.2) is 48.5 Å². The molecule has 0 radical (unpaired) electrons. The number of thiazole rings is 1. The van der Waals surface area contributed by atoms with Crippen LogP contribution in [0.1, 0.15) is 15.4 Å². The normalized spacial score (nSPS) is 10.3. The summed E-state index contributed by atoms with van der Waals surface area (Å²) in [5.74, 6) is -0.505. The molecule has 0 aliphatic heterocycles. The van der Waals surface area contributed by atoms with Crippen molar-refractivity contribution < 1.29 is 9.18 Å². The zero-order chi connectivity index (χ0) is 17.8. The van der Waals surface area contributed by atoms with E-state index in [4.69, 9.17) is 5.26 Å². The molecule has 0 aliphatic rings. The van der Waals surface area contributed by atoms with Crippen molar-refractivity contribution in [1.29, 1.82) is 5.26 Å². The van der Waals surface area contributed by atoms with E-state index in [9.17, 15) is 9.18 Å². The molecule has 0 saturated carbocycles. The summed E-state index contributed by atoms with van der Waals surface area (Å²) >= 11 is 1.44. The standard InChI is InChI=1S/C19H14FN3OS/c1-12-22-19(14-5-7-15(20)8-6-14)17(25-12)10-18(24)23-16-4-2-3-13(9-16)11-21/h2-9H,10H2,1H3,(H,23,24). The molecule has 4 nitrogen and oxygen atoms in total. The van der Waals surface area contributed by atoms with Crippen molar-refractivity contribution in [2.75, 3.05) is 5.32 Å². The minimum Gasteiger partial charge on any atom is -0.326 e. The lowest BCUT2D eigenvalue weighted by Crippen LogP contribution is -2.14. The fraction of sp³-hybridized carbons (Fsp3) is 0.105. The Bertz CT molecular complexity index is 958. The van der Waals surface area contributed by atoms with Gasteiger partial charge in [-0.25, -0.2) is 9.37 Å². The van der Waals surface area contributed by atoms with Gasteiger partial charge in [-0.05, 0) is 49.4 Å². The van der Waals surface area contributed by atoms with Gasteiger partial charge >= 0.3 is 0 Å². The molecule has 0 spiro atoms. The maximum atomic E-state index is 13.1. The van der Waals surface area contributed by atoms with Gasteiger partial charge in [0.05, 0.1) is 28.8 Å². The van der Waals surface area contributed by atoms with E-state index >= 15 is 0 Å². The number of nitrogens with one attached hydrogen (secondary N) is 1. The van der Waals surface area contributed by atoms with E-state index in [-0.39, 0.29) is 18.1 Å². The number of halogens is 1. The van der Waals surface area contributed by atoms with E-state index in [0.717, 1.165) is 15.4 Å². The Morgan fingerprint density at radius 2 is 2.04 bits per heavy atom. The van der Waals surface area contributed by atoms with E-state index in [1.807, 2.05) is 13.0 Å². The Labute approximate surface area is 148 Å². The van der Waals surface area contributed by atoms with Crippen LogP contribution in [-0.2, 0) is 11.2 Å². The van der Waals surface area contributed by atoms with Gasteiger partial charge in [-0.1, -0.05) is 6.07 Å². The fourth-order valence-corrected chi connectivity index (χ4v) is 3.40. The van der Waals surface area contributed by atoms with Crippen LogP contribution >= 0.6 is 11.3 Å². The molecule has 0 bridgehead atoms. The molecule has 124 valence electrons. The van der Waals surface area contributed by atoms with Crippen molar-refractivity contribution in [2.24, 2.45) is 0 Å². The zero-order valence-corrected chi connectivity index (χ0v) is 14.2. The lowest BCUT2D eigenvalue weighted by molar-refractivity contribution is -0.115. The summed E-state index contributed by atoms with van der Waals surface area (Å²) in [6.45, 7) is 1.87. The summed E-state index contributed by atoms with van der Waals surface area (Å²) in [5.41, 5.74) is 2.54. The summed E-state index contributed by atoms with van der Waals surface area (Å²) in [6, 6.07) is 14.8. The van der Waals surface area contributed by atoms with Crippen LogP contribution in [0.5, 0.6) is 0 Å². The number of aryl methyl sites for hydroxylation is 1. The van der Waals surface area contributed by atoms with Gasteiger partial charge in [-0.15, -0.1) is 11.3 Å². The Kier molecular flexibility index (Phi) is 4.87. The fourth-order valence-electron chi connectivity index (χ4n) is 2.44. The highest BCUT2D eigenvalue weighted by molar-refractivity contribution is 7.12. The van der Waals surface area contributed by atoms with Crippen molar-refractivity contribution >= 4 is 22.9 Å². The van der Waals surface area contributed by atoms with Gasteiger partial charge in [0.15, 0.2) is 0 Å². The molecule has 0 saturated heterocycles. The first-order valence-electron chi connectivity index (χ1n) is 7.57. The van der Waals surface area contributed by atoms with Crippen LogP contribution in [0.3, 0.4) is 0 Å². The number of amides is 1. The third-order valence-electron chi connectivity index (χ3n) is 3.52. The smallest absolute Gasteiger partial charge is 0.229 e. The topological polar surface area (TPSA) is 65.8 Å². The number of nitrogens with zero attached hydrogens (tertiary/aromatic N) is 2. The van der Waals surface area contributed by atoms with Crippen molar-refractivity contribution in [1.82, 2.24) is 4.98 Å². The molecule has 0 fully saturated rings. The monoisotopic (exact) mass is 351 g/mol. The predicted molar refractivity (Wildman–Crippen MR) is 95.7 cm³/mol. The molecule has 2 aromatic carbocycles. The summed E-state index contributed by atoms with van der Waals surface area (Å²) in [7, 11) is 0. The van der Waals surface area contributed by atoms with Gasteiger partial charge in [0.2, 0.25) is 5.91 Å². The second-order valence-corrected chi connectivity index (χ2v) is 6.72. The van der Waals surface area contributed by atoms with Crippen LogP contribution in [0, 0.1) is 24.1 Å². The molecule has 1 amide bonds. The van der Waals surface area contributed by atoms with Crippen molar-refractivity contribution in [2.45, 2.75) is 13.3 Å². The van der Waals surface area contributed by atoms with Crippen LogP contribution in [0.2, 0.25) is 0 Å². The largest absolute Gasteiger partial charge is 0.326 e. The number of aromatic nitrogens is 1. The van der Waals surface area contributed by atoms with E-state index in [1.54, 1.807) is 36.4 Å². The summed E-state index contributed by atoms with van der Waals surface area (Å²) in [5, 5.41) is 12.6. The first kappa shape index (κ1) is 16.8. The van der Waals surface area contributed by atoms with Crippen LogP contribution < -0.4 is 5.32 Å². The average Bonchev–Trinajstić information content (AvgIpc) is 2.95. The second-order valence-electron chi connectivity index (χ2n) is 5.43. The van der Waals surface area contributed by atoms with E-state index < -0.39 is 0 Å². The molecular formula is C19H14FN3OS. The molecule has 1 N–H and O–H groups in total. The number of carbonyl (C=O) groups is 1.